The molecule has 0 radical (unpaired) electrons. The number of benzene rings is 1. The van der Waals surface area contributed by atoms with Crippen molar-refractivity contribution < 1.29 is 0 Å². The van der Waals surface area contributed by atoms with E-state index < -0.39 is 0 Å². The fraction of sp³-hybridized carbons (Fsp3) is 0.455. The van der Waals surface area contributed by atoms with Crippen LogP contribution in [-0.2, 0) is 6.54 Å². The van der Waals surface area contributed by atoms with Crippen molar-refractivity contribution in [3.8, 4) is 0 Å². The molecule has 0 fully saturated rings. The summed E-state index contributed by atoms with van der Waals surface area (Å²) in [5.74, 6) is 0. The molecule has 0 atom stereocenters. The zero-order chi connectivity index (χ0) is 10.6. The lowest BCUT2D eigenvalue weighted by Crippen LogP contribution is -2.22. The summed E-state index contributed by atoms with van der Waals surface area (Å²) < 4.78 is 1.10. The maximum atomic E-state index is 5.68. The van der Waals surface area contributed by atoms with E-state index in [1.54, 1.807) is 0 Å². The van der Waals surface area contributed by atoms with Crippen LogP contribution in [0.4, 0.5) is 5.69 Å². The fourth-order valence-corrected chi connectivity index (χ4v) is 1.90. The number of hydrogen-bond acceptors (Lipinski definition) is 2. The highest BCUT2D eigenvalue weighted by atomic mass is 79.9. The first kappa shape index (κ1) is 11.5. The van der Waals surface area contributed by atoms with Crippen LogP contribution in [0.3, 0.4) is 0 Å². The summed E-state index contributed by atoms with van der Waals surface area (Å²) in [7, 11) is 0. The van der Waals surface area contributed by atoms with Crippen LogP contribution < -0.4 is 5.73 Å². The Balaban J connectivity index is 2.76. The molecule has 0 aromatic heterocycles. The molecular formula is C11H17BrN2. The molecule has 14 heavy (non-hydrogen) atoms. The quantitative estimate of drug-likeness (QED) is 0.840. The number of hydrogen-bond donors (Lipinski definition) is 1. The molecule has 1 aromatic rings. The van der Waals surface area contributed by atoms with Gasteiger partial charge in [-0.3, -0.25) is 4.90 Å². The van der Waals surface area contributed by atoms with Crippen LogP contribution in [0.2, 0.25) is 0 Å². The first-order valence-electron chi connectivity index (χ1n) is 4.93. The van der Waals surface area contributed by atoms with Crippen LogP contribution in [0.1, 0.15) is 19.4 Å². The van der Waals surface area contributed by atoms with Gasteiger partial charge in [0.05, 0.1) is 0 Å². The number of nitrogens with zero attached hydrogens (tertiary/aromatic N) is 1. The zero-order valence-electron chi connectivity index (χ0n) is 8.76. The molecular weight excluding hydrogens is 240 g/mol. The Hall–Kier alpha value is -0.540. The highest BCUT2D eigenvalue weighted by molar-refractivity contribution is 9.10. The first-order valence-corrected chi connectivity index (χ1v) is 5.73. The summed E-state index contributed by atoms with van der Waals surface area (Å²) in [5, 5.41) is 0. The molecule has 1 aromatic carbocycles. The van der Waals surface area contributed by atoms with Gasteiger partial charge >= 0.3 is 0 Å². The van der Waals surface area contributed by atoms with Crippen molar-refractivity contribution in [2.24, 2.45) is 0 Å². The summed E-state index contributed by atoms with van der Waals surface area (Å²) in [5.41, 5.74) is 7.78. The normalized spacial score (nSPS) is 10.9. The molecule has 2 N–H and O–H groups in total. The van der Waals surface area contributed by atoms with Crippen molar-refractivity contribution in [1.82, 2.24) is 4.90 Å². The molecule has 0 heterocycles. The third-order valence-electron chi connectivity index (χ3n) is 2.37. The molecule has 3 heteroatoms. The van der Waals surface area contributed by atoms with E-state index in [1.807, 2.05) is 12.1 Å². The van der Waals surface area contributed by atoms with E-state index in [4.69, 9.17) is 5.73 Å². The molecule has 0 aliphatic heterocycles. The van der Waals surface area contributed by atoms with Crippen LogP contribution >= 0.6 is 15.9 Å². The van der Waals surface area contributed by atoms with Gasteiger partial charge in [-0.1, -0.05) is 35.8 Å². The second-order valence-electron chi connectivity index (χ2n) is 3.31. The van der Waals surface area contributed by atoms with E-state index >= 15 is 0 Å². The van der Waals surface area contributed by atoms with Crippen LogP contribution in [0.15, 0.2) is 22.7 Å². The molecule has 0 amide bonds. The molecule has 0 bridgehead atoms. The maximum Gasteiger partial charge on any atom is 0.0325 e. The lowest BCUT2D eigenvalue weighted by Gasteiger charge is -2.18. The molecule has 0 aliphatic carbocycles. The number of nitrogen functional groups attached to an aromatic ring is 1. The summed E-state index contributed by atoms with van der Waals surface area (Å²) in [6, 6.07) is 5.99. The summed E-state index contributed by atoms with van der Waals surface area (Å²) in [6.45, 7) is 7.48. The van der Waals surface area contributed by atoms with Crippen molar-refractivity contribution in [1.29, 1.82) is 0 Å². The van der Waals surface area contributed by atoms with Gasteiger partial charge in [-0.25, -0.2) is 0 Å². The second kappa shape index (κ2) is 5.37. The molecule has 0 unspecified atom stereocenters. The minimum absolute atomic E-state index is 0.806. The van der Waals surface area contributed by atoms with Gasteiger partial charge in [0.2, 0.25) is 0 Å². The average Bonchev–Trinajstić information content (AvgIpc) is 2.17. The number of nitrogens with two attached hydrogens (primary N) is 1. The Morgan fingerprint density at radius 2 is 1.93 bits per heavy atom. The van der Waals surface area contributed by atoms with Crippen LogP contribution in [0.5, 0.6) is 0 Å². The van der Waals surface area contributed by atoms with Crippen molar-refractivity contribution >= 4 is 21.6 Å². The molecule has 1 rings (SSSR count). The van der Waals surface area contributed by atoms with Gasteiger partial charge < -0.3 is 5.73 Å². The van der Waals surface area contributed by atoms with Gasteiger partial charge in [0.1, 0.15) is 0 Å². The molecule has 0 saturated carbocycles. The minimum atomic E-state index is 0.806. The molecule has 78 valence electrons. The van der Waals surface area contributed by atoms with Gasteiger partial charge in [0.15, 0.2) is 0 Å². The van der Waals surface area contributed by atoms with E-state index in [0.29, 0.717) is 0 Å². The van der Waals surface area contributed by atoms with E-state index in [1.165, 1.54) is 5.56 Å². The van der Waals surface area contributed by atoms with Gasteiger partial charge in [-0.2, -0.15) is 0 Å². The van der Waals surface area contributed by atoms with Crippen LogP contribution in [-0.4, -0.2) is 18.0 Å². The van der Waals surface area contributed by atoms with E-state index in [9.17, 15) is 0 Å². The topological polar surface area (TPSA) is 29.3 Å². The fourth-order valence-electron chi connectivity index (χ4n) is 1.38. The van der Waals surface area contributed by atoms with Gasteiger partial charge in [0.25, 0.3) is 0 Å². The number of halogens is 1. The number of anilines is 1. The summed E-state index contributed by atoms with van der Waals surface area (Å²) in [6.07, 6.45) is 0. The van der Waals surface area contributed by atoms with E-state index in [2.05, 4.69) is 40.7 Å². The van der Waals surface area contributed by atoms with Crippen LogP contribution in [0.25, 0.3) is 0 Å². The van der Waals surface area contributed by atoms with Gasteiger partial charge in [-0.05, 0) is 30.8 Å². The molecule has 0 aliphatic rings. The van der Waals surface area contributed by atoms with Gasteiger partial charge in [-0.15, -0.1) is 0 Å². The van der Waals surface area contributed by atoms with Crippen molar-refractivity contribution in [2.75, 3.05) is 18.8 Å². The predicted molar refractivity (Wildman–Crippen MR) is 65.2 cm³/mol. The van der Waals surface area contributed by atoms with E-state index in [0.717, 1.165) is 29.8 Å². The first-order chi connectivity index (χ1) is 6.67. The highest BCUT2D eigenvalue weighted by Crippen LogP contribution is 2.21. The SMILES string of the molecule is CCN(CC)Cc1ccc(N)cc1Br. The van der Waals surface area contributed by atoms with Crippen LogP contribution in [0, 0.1) is 0 Å². The third-order valence-corrected chi connectivity index (χ3v) is 3.10. The minimum Gasteiger partial charge on any atom is -0.399 e. The Labute approximate surface area is 94.2 Å². The van der Waals surface area contributed by atoms with Crippen molar-refractivity contribution in [3.05, 3.63) is 28.2 Å². The standard InChI is InChI=1S/C11H17BrN2/c1-3-14(4-2)8-9-5-6-10(13)7-11(9)12/h5-7H,3-4,8,13H2,1-2H3. The van der Waals surface area contributed by atoms with Gasteiger partial charge in [0, 0.05) is 16.7 Å². The number of rotatable bonds is 4. The highest BCUT2D eigenvalue weighted by Gasteiger charge is 2.04. The predicted octanol–water partition coefficient (Wildman–Crippen LogP) is 2.87. The smallest absolute Gasteiger partial charge is 0.0325 e. The third kappa shape index (κ3) is 3.00. The Morgan fingerprint density at radius 3 is 2.43 bits per heavy atom. The summed E-state index contributed by atoms with van der Waals surface area (Å²) >= 11 is 3.53. The lowest BCUT2D eigenvalue weighted by atomic mass is 10.2. The van der Waals surface area contributed by atoms with Crippen molar-refractivity contribution in [2.45, 2.75) is 20.4 Å². The Bertz CT molecular complexity index is 295. The zero-order valence-corrected chi connectivity index (χ0v) is 10.3. The second-order valence-corrected chi connectivity index (χ2v) is 4.17. The molecule has 2 nitrogen and oxygen atoms in total. The molecule has 0 spiro atoms. The maximum absolute atomic E-state index is 5.68. The molecule has 0 saturated heterocycles. The summed E-state index contributed by atoms with van der Waals surface area (Å²) in [4.78, 5) is 2.37. The Kier molecular flexibility index (Phi) is 4.42. The van der Waals surface area contributed by atoms with E-state index in [-0.39, 0.29) is 0 Å². The Morgan fingerprint density at radius 1 is 1.29 bits per heavy atom. The lowest BCUT2D eigenvalue weighted by molar-refractivity contribution is 0.295. The average molecular weight is 257 g/mol. The largest absolute Gasteiger partial charge is 0.399 e. The monoisotopic (exact) mass is 256 g/mol. The van der Waals surface area contributed by atoms with Crippen molar-refractivity contribution in [3.63, 3.8) is 0 Å².